The van der Waals surface area contributed by atoms with Crippen LogP contribution < -0.4 is 5.32 Å². The van der Waals surface area contributed by atoms with Gasteiger partial charge in [0.15, 0.2) is 0 Å². The minimum atomic E-state index is 0.840. The van der Waals surface area contributed by atoms with Crippen molar-refractivity contribution in [2.75, 3.05) is 13.1 Å². The fourth-order valence-corrected chi connectivity index (χ4v) is 2.26. The van der Waals surface area contributed by atoms with Crippen molar-refractivity contribution in [3.8, 4) is 0 Å². The van der Waals surface area contributed by atoms with E-state index in [9.17, 15) is 0 Å². The normalized spacial score (nSPS) is 11.2. The van der Waals surface area contributed by atoms with Crippen molar-refractivity contribution in [1.82, 2.24) is 15.2 Å². The van der Waals surface area contributed by atoms with E-state index in [4.69, 9.17) is 4.42 Å². The number of furan rings is 1. The van der Waals surface area contributed by atoms with Crippen LogP contribution in [0.4, 0.5) is 0 Å². The van der Waals surface area contributed by atoms with Gasteiger partial charge >= 0.3 is 0 Å². The highest BCUT2D eigenvalue weighted by Crippen LogP contribution is 2.13. The van der Waals surface area contributed by atoms with Gasteiger partial charge in [0.05, 0.1) is 12.8 Å². The first-order valence-corrected chi connectivity index (χ1v) is 7.70. The van der Waals surface area contributed by atoms with Crippen LogP contribution in [-0.4, -0.2) is 23.0 Å². The van der Waals surface area contributed by atoms with Crippen LogP contribution in [0.15, 0.2) is 41.3 Å². The molecule has 0 aliphatic rings. The summed E-state index contributed by atoms with van der Waals surface area (Å²) < 4.78 is 5.67. The lowest BCUT2D eigenvalue weighted by Gasteiger charge is -2.18. The molecule has 114 valence electrons. The number of aromatic nitrogens is 1. The zero-order valence-electron chi connectivity index (χ0n) is 13.0. The van der Waals surface area contributed by atoms with Crippen LogP contribution in [-0.2, 0) is 19.6 Å². The second-order valence-corrected chi connectivity index (χ2v) is 5.26. The Kier molecular flexibility index (Phi) is 6.44. The fraction of sp³-hybridized carbons (Fsp3) is 0.471. The lowest BCUT2D eigenvalue weighted by atomic mass is 10.2. The first-order valence-electron chi connectivity index (χ1n) is 7.70. The highest BCUT2D eigenvalue weighted by molar-refractivity contribution is 5.13. The van der Waals surface area contributed by atoms with Gasteiger partial charge in [-0.3, -0.25) is 9.88 Å². The predicted molar refractivity (Wildman–Crippen MR) is 84.7 cm³/mol. The maximum Gasteiger partial charge on any atom is 0.118 e. The number of nitrogens with zero attached hydrogens (tertiary/aromatic N) is 2. The molecule has 0 aromatic carbocycles. The molecule has 2 aromatic heterocycles. The molecule has 0 saturated carbocycles. The molecule has 0 amide bonds. The molecule has 1 N–H and O–H groups in total. The van der Waals surface area contributed by atoms with Gasteiger partial charge in [0.25, 0.3) is 0 Å². The highest BCUT2D eigenvalue weighted by atomic mass is 16.3. The third-order valence-electron chi connectivity index (χ3n) is 3.45. The van der Waals surface area contributed by atoms with E-state index in [1.807, 2.05) is 18.7 Å². The second-order valence-electron chi connectivity index (χ2n) is 5.26. The minimum absolute atomic E-state index is 0.840. The molecule has 4 nitrogen and oxygen atoms in total. The summed E-state index contributed by atoms with van der Waals surface area (Å²) in [5.41, 5.74) is 2.50. The van der Waals surface area contributed by atoms with Crippen molar-refractivity contribution in [3.05, 3.63) is 53.7 Å². The van der Waals surface area contributed by atoms with E-state index in [-0.39, 0.29) is 0 Å². The average Bonchev–Trinajstić information content (AvgIpc) is 2.95. The Labute approximate surface area is 127 Å². The molecule has 0 atom stereocenters. The largest absolute Gasteiger partial charge is 0.468 e. The first-order chi connectivity index (χ1) is 10.3. The van der Waals surface area contributed by atoms with Crippen molar-refractivity contribution in [1.29, 1.82) is 0 Å². The van der Waals surface area contributed by atoms with Crippen LogP contribution in [0.3, 0.4) is 0 Å². The summed E-state index contributed by atoms with van der Waals surface area (Å²) >= 11 is 0. The third-order valence-corrected chi connectivity index (χ3v) is 3.45. The van der Waals surface area contributed by atoms with Gasteiger partial charge in [0.2, 0.25) is 0 Å². The van der Waals surface area contributed by atoms with Gasteiger partial charge in [0, 0.05) is 31.0 Å². The van der Waals surface area contributed by atoms with E-state index in [2.05, 4.69) is 47.2 Å². The van der Waals surface area contributed by atoms with E-state index in [1.54, 1.807) is 0 Å². The Morgan fingerprint density at radius 1 is 1.14 bits per heavy atom. The lowest BCUT2D eigenvalue weighted by molar-refractivity contribution is 0.247. The summed E-state index contributed by atoms with van der Waals surface area (Å²) in [6, 6.07) is 6.27. The summed E-state index contributed by atoms with van der Waals surface area (Å²) in [6.07, 6.45) is 6.69. The molecule has 0 aliphatic heterocycles. The van der Waals surface area contributed by atoms with Crippen LogP contribution in [0, 0.1) is 0 Å². The quantitative estimate of drug-likeness (QED) is 0.719. The molecule has 0 saturated heterocycles. The molecular formula is C17H25N3O. The predicted octanol–water partition coefficient (Wildman–Crippen LogP) is 3.20. The van der Waals surface area contributed by atoms with Gasteiger partial charge in [-0.2, -0.15) is 0 Å². The van der Waals surface area contributed by atoms with Gasteiger partial charge in [-0.25, -0.2) is 0 Å². The van der Waals surface area contributed by atoms with Crippen LogP contribution in [0.5, 0.6) is 0 Å². The average molecular weight is 287 g/mol. The Morgan fingerprint density at radius 3 is 2.67 bits per heavy atom. The van der Waals surface area contributed by atoms with Crippen LogP contribution in [0.2, 0.25) is 0 Å². The van der Waals surface area contributed by atoms with Gasteiger partial charge in [0.1, 0.15) is 5.76 Å². The molecule has 2 rings (SSSR count). The number of hydrogen-bond acceptors (Lipinski definition) is 4. The molecule has 0 bridgehead atoms. The van der Waals surface area contributed by atoms with Crippen LogP contribution >= 0.6 is 0 Å². The first kappa shape index (κ1) is 15.7. The second kappa shape index (κ2) is 8.60. The molecular weight excluding hydrogens is 262 g/mol. The van der Waals surface area contributed by atoms with Crippen molar-refractivity contribution in [2.45, 2.75) is 39.9 Å². The summed E-state index contributed by atoms with van der Waals surface area (Å²) in [5.74, 6) is 1.03. The topological polar surface area (TPSA) is 41.3 Å². The molecule has 0 unspecified atom stereocenters. The zero-order valence-corrected chi connectivity index (χ0v) is 13.0. The number of rotatable bonds is 9. The molecule has 2 aromatic rings. The zero-order chi connectivity index (χ0) is 14.9. The van der Waals surface area contributed by atoms with Crippen molar-refractivity contribution >= 4 is 0 Å². The summed E-state index contributed by atoms with van der Waals surface area (Å²) in [4.78, 5) is 6.42. The summed E-state index contributed by atoms with van der Waals surface area (Å²) in [7, 11) is 0. The van der Waals surface area contributed by atoms with Gasteiger partial charge in [-0.1, -0.05) is 13.8 Å². The van der Waals surface area contributed by atoms with Gasteiger partial charge in [-0.15, -0.1) is 0 Å². The standard InChI is InChI=1S/C17H25N3O/c1-3-7-19-11-16-10-17(21-14-16)13-20(4-2)12-15-5-8-18-9-6-15/h5-6,8-10,14,19H,3-4,7,11-13H2,1-2H3. The van der Waals surface area contributed by atoms with E-state index in [0.717, 1.165) is 44.9 Å². The number of hydrogen-bond donors (Lipinski definition) is 1. The minimum Gasteiger partial charge on any atom is -0.468 e. The number of nitrogens with one attached hydrogen (secondary N) is 1. The lowest BCUT2D eigenvalue weighted by Crippen LogP contribution is -2.22. The van der Waals surface area contributed by atoms with Crippen molar-refractivity contribution < 1.29 is 4.42 Å². The van der Waals surface area contributed by atoms with Crippen molar-refractivity contribution in [3.63, 3.8) is 0 Å². The van der Waals surface area contributed by atoms with E-state index < -0.39 is 0 Å². The Morgan fingerprint density at radius 2 is 1.95 bits per heavy atom. The maximum atomic E-state index is 5.67. The molecule has 2 heterocycles. The highest BCUT2D eigenvalue weighted by Gasteiger charge is 2.08. The Balaban J connectivity index is 1.86. The van der Waals surface area contributed by atoms with Crippen LogP contribution in [0.25, 0.3) is 0 Å². The van der Waals surface area contributed by atoms with Crippen molar-refractivity contribution in [2.24, 2.45) is 0 Å². The monoisotopic (exact) mass is 287 g/mol. The van der Waals surface area contributed by atoms with Gasteiger partial charge < -0.3 is 9.73 Å². The summed E-state index contributed by atoms with van der Waals surface area (Å²) in [6.45, 7) is 9.03. The molecule has 0 spiro atoms. The molecule has 4 heteroatoms. The third kappa shape index (κ3) is 5.33. The summed E-state index contributed by atoms with van der Waals surface area (Å²) in [5, 5.41) is 3.39. The molecule has 21 heavy (non-hydrogen) atoms. The Hall–Kier alpha value is -1.65. The number of pyridine rings is 1. The Bertz CT molecular complexity index is 510. The SMILES string of the molecule is CCCNCc1coc(CN(CC)Cc2ccncc2)c1. The van der Waals surface area contributed by atoms with Gasteiger partial charge in [-0.05, 0) is 43.3 Å². The fourth-order valence-electron chi connectivity index (χ4n) is 2.26. The maximum absolute atomic E-state index is 5.67. The smallest absolute Gasteiger partial charge is 0.118 e. The van der Waals surface area contributed by atoms with E-state index in [0.29, 0.717) is 0 Å². The van der Waals surface area contributed by atoms with E-state index >= 15 is 0 Å². The molecule has 0 aliphatic carbocycles. The van der Waals surface area contributed by atoms with E-state index in [1.165, 1.54) is 11.1 Å². The van der Waals surface area contributed by atoms with Crippen LogP contribution in [0.1, 0.15) is 37.2 Å². The molecule has 0 fully saturated rings. The molecule has 0 radical (unpaired) electrons.